The molecule has 5 nitrogen and oxygen atoms in total. The van der Waals surface area contributed by atoms with E-state index in [4.69, 9.17) is 4.74 Å². The number of hydrogen-bond acceptors (Lipinski definition) is 4. The molecule has 0 aliphatic rings. The van der Waals surface area contributed by atoms with Gasteiger partial charge in [0, 0.05) is 5.56 Å². The summed E-state index contributed by atoms with van der Waals surface area (Å²) in [6.45, 7) is 0. The van der Waals surface area contributed by atoms with E-state index in [9.17, 15) is 13.2 Å². The minimum Gasteiger partial charge on any atom is -0.457 e. The van der Waals surface area contributed by atoms with Crippen LogP contribution >= 0.6 is 0 Å². The number of amides is 1. The van der Waals surface area contributed by atoms with Crippen LogP contribution in [0.1, 0.15) is 10.4 Å². The van der Waals surface area contributed by atoms with Crippen molar-refractivity contribution in [3.8, 4) is 11.5 Å². The Morgan fingerprint density at radius 1 is 0.875 bits per heavy atom. The lowest BCUT2D eigenvalue weighted by Crippen LogP contribution is -2.29. The molecule has 1 amide bonds. The molecule has 0 saturated heterocycles. The fourth-order valence-corrected chi connectivity index (χ4v) is 2.72. The first-order valence-electron chi connectivity index (χ1n) is 7.19. The number of carbonyl (C=O) groups excluding carboxylic acids is 1. The lowest BCUT2D eigenvalue weighted by atomic mass is 10.1. The molecule has 24 heavy (non-hydrogen) atoms. The van der Waals surface area contributed by atoms with Crippen molar-refractivity contribution in [3.63, 3.8) is 0 Å². The molecule has 0 aliphatic carbocycles. The first-order chi connectivity index (χ1) is 11.4. The Hall–Kier alpha value is -2.86. The van der Waals surface area contributed by atoms with E-state index in [1.165, 1.54) is 12.1 Å². The van der Waals surface area contributed by atoms with Crippen LogP contribution in [-0.2, 0) is 10.0 Å². The number of hydrogen-bond donors (Lipinski definition) is 1. The predicted molar refractivity (Wildman–Crippen MR) is 92.8 cm³/mol. The van der Waals surface area contributed by atoms with E-state index in [2.05, 4.69) is 0 Å². The van der Waals surface area contributed by atoms with Gasteiger partial charge in [-0.2, -0.15) is 0 Å². The van der Waals surface area contributed by atoms with Crippen LogP contribution in [0.3, 0.4) is 0 Å². The molecule has 6 heteroatoms. The molecule has 0 saturated carbocycles. The fraction of sp³-hybridized carbons (Fsp3) is 0.0556. The largest absolute Gasteiger partial charge is 0.457 e. The molecular formula is C18H15NO4S. The smallest absolute Gasteiger partial charge is 0.264 e. The summed E-state index contributed by atoms with van der Waals surface area (Å²) in [6.07, 6.45) is 0.933. The molecule has 0 atom stereocenters. The van der Waals surface area contributed by atoms with Crippen molar-refractivity contribution in [2.45, 2.75) is 0 Å². The van der Waals surface area contributed by atoms with Crippen LogP contribution in [0.5, 0.6) is 11.5 Å². The van der Waals surface area contributed by atoms with Gasteiger partial charge in [0.2, 0.25) is 10.0 Å². The normalized spacial score (nSPS) is 11.2. The van der Waals surface area contributed by atoms with Crippen LogP contribution < -0.4 is 9.46 Å². The van der Waals surface area contributed by atoms with Gasteiger partial charge in [0.05, 0.1) is 6.26 Å². The van der Waals surface area contributed by atoms with Crippen molar-refractivity contribution in [1.29, 1.82) is 0 Å². The van der Waals surface area contributed by atoms with E-state index in [1.54, 1.807) is 12.1 Å². The molecule has 0 spiro atoms. The molecule has 0 unspecified atom stereocenters. The Bertz CT molecular complexity index is 995. The van der Waals surface area contributed by atoms with Gasteiger partial charge in [-0.25, -0.2) is 13.1 Å². The molecule has 3 aromatic rings. The highest BCUT2D eigenvalue weighted by molar-refractivity contribution is 7.89. The molecule has 3 aromatic carbocycles. The molecule has 122 valence electrons. The van der Waals surface area contributed by atoms with Gasteiger partial charge in [0.25, 0.3) is 5.91 Å². The second-order valence-corrected chi connectivity index (χ2v) is 7.09. The van der Waals surface area contributed by atoms with Crippen LogP contribution in [0, 0.1) is 0 Å². The summed E-state index contributed by atoms with van der Waals surface area (Å²) >= 11 is 0. The van der Waals surface area contributed by atoms with Crippen LogP contribution in [0.4, 0.5) is 0 Å². The van der Waals surface area contributed by atoms with Gasteiger partial charge in [0.1, 0.15) is 11.5 Å². The topological polar surface area (TPSA) is 72.5 Å². The van der Waals surface area contributed by atoms with Gasteiger partial charge in [0.15, 0.2) is 0 Å². The number of fused-ring (bicyclic) bond motifs is 1. The summed E-state index contributed by atoms with van der Waals surface area (Å²) in [5.74, 6) is 0.568. The summed E-state index contributed by atoms with van der Waals surface area (Å²) in [5.41, 5.74) is 0.242. The standard InChI is InChI=1S/C18H15NO4S/c1-24(21,22)19-18(20)14-7-9-16(10-8-14)23-17-11-6-13-4-2-3-5-15(13)12-17/h2-12H,1H3,(H,19,20). The van der Waals surface area contributed by atoms with E-state index in [0.717, 1.165) is 17.0 Å². The lowest BCUT2D eigenvalue weighted by molar-refractivity contribution is 0.0981. The highest BCUT2D eigenvalue weighted by atomic mass is 32.2. The molecule has 0 bridgehead atoms. The average molecular weight is 341 g/mol. The van der Waals surface area contributed by atoms with E-state index >= 15 is 0 Å². The summed E-state index contributed by atoms with van der Waals surface area (Å²) in [7, 11) is -3.58. The first-order valence-corrected chi connectivity index (χ1v) is 9.09. The number of rotatable bonds is 4. The third-order valence-electron chi connectivity index (χ3n) is 3.35. The SMILES string of the molecule is CS(=O)(=O)NC(=O)c1ccc(Oc2ccc3ccccc3c2)cc1. The number of nitrogens with one attached hydrogen (secondary N) is 1. The number of carbonyl (C=O) groups is 1. The summed E-state index contributed by atoms with van der Waals surface area (Å²) in [6, 6.07) is 20.0. The minimum atomic E-state index is -3.58. The van der Waals surface area contributed by atoms with Crippen molar-refractivity contribution >= 4 is 26.7 Å². The Labute approximate surface area is 139 Å². The van der Waals surface area contributed by atoms with Gasteiger partial charge in [-0.3, -0.25) is 4.79 Å². The van der Waals surface area contributed by atoms with Crippen molar-refractivity contribution in [1.82, 2.24) is 4.72 Å². The zero-order chi connectivity index (χ0) is 17.2. The maximum absolute atomic E-state index is 11.7. The van der Waals surface area contributed by atoms with Crippen LogP contribution in [0.25, 0.3) is 10.8 Å². The zero-order valence-corrected chi connectivity index (χ0v) is 13.7. The molecule has 0 radical (unpaired) electrons. The van der Waals surface area contributed by atoms with Gasteiger partial charge in [-0.15, -0.1) is 0 Å². The molecule has 1 N–H and O–H groups in total. The molecular weight excluding hydrogens is 326 g/mol. The highest BCUT2D eigenvalue weighted by Crippen LogP contribution is 2.25. The van der Waals surface area contributed by atoms with Crippen LogP contribution in [0.15, 0.2) is 66.7 Å². The summed E-state index contributed by atoms with van der Waals surface area (Å²) in [5, 5.41) is 2.19. The maximum Gasteiger partial charge on any atom is 0.264 e. The minimum absolute atomic E-state index is 0.242. The maximum atomic E-state index is 11.7. The zero-order valence-electron chi connectivity index (χ0n) is 12.9. The number of ether oxygens (including phenoxy) is 1. The third-order valence-corrected chi connectivity index (χ3v) is 3.91. The molecule has 3 rings (SSSR count). The monoisotopic (exact) mass is 341 g/mol. The van der Waals surface area contributed by atoms with Crippen molar-refractivity contribution in [3.05, 3.63) is 72.3 Å². The fourth-order valence-electron chi connectivity index (χ4n) is 2.27. The van der Waals surface area contributed by atoms with E-state index < -0.39 is 15.9 Å². The van der Waals surface area contributed by atoms with Crippen LogP contribution in [-0.4, -0.2) is 20.6 Å². The van der Waals surface area contributed by atoms with Crippen molar-refractivity contribution in [2.24, 2.45) is 0 Å². The Kier molecular flexibility index (Phi) is 4.22. The van der Waals surface area contributed by atoms with E-state index in [-0.39, 0.29) is 5.56 Å². The predicted octanol–water partition coefficient (Wildman–Crippen LogP) is 3.32. The molecule has 0 aliphatic heterocycles. The highest BCUT2D eigenvalue weighted by Gasteiger charge is 2.11. The summed E-state index contributed by atoms with van der Waals surface area (Å²) < 4.78 is 29.8. The summed E-state index contributed by atoms with van der Waals surface area (Å²) in [4.78, 5) is 11.7. The molecule has 0 fully saturated rings. The lowest BCUT2D eigenvalue weighted by Gasteiger charge is -2.08. The first kappa shape index (κ1) is 16.0. The number of benzene rings is 3. The second kappa shape index (κ2) is 6.33. The number of sulfonamides is 1. The Balaban J connectivity index is 1.76. The Morgan fingerprint density at radius 3 is 2.17 bits per heavy atom. The van der Waals surface area contributed by atoms with Crippen LogP contribution in [0.2, 0.25) is 0 Å². The quantitative estimate of drug-likeness (QED) is 0.790. The molecule has 0 heterocycles. The second-order valence-electron chi connectivity index (χ2n) is 5.34. The van der Waals surface area contributed by atoms with Gasteiger partial charge >= 0.3 is 0 Å². The third kappa shape index (κ3) is 3.91. The Morgan fingerprint density at radius 2 is 1.50 bits per heavy atom. The van der Waals surface area contributed by atoms with Crippen molar-refractivity contribution < 1.29 is 17.9 Å². The van der Waals surface area contributed by atoms with Gasteiger partial charge in [-0.05, 0) is 47.2 Å². The molecule has 0 aromatic heterocycles. The van der Waals surface area contributed by atoms with E-state index in [1.807, 2.05) is 47.2 Å². The average Bonchev–Trinajstić information content (AvgIpc) is 2.54. The van der Waals surface area contributed by atoms with E-state index in [0.29, 0.717) is 11.5 Å². The van der Waals surface area contributed by atoms with Gasteiger partial charge < -0.3 is 4.74 Å². The van der Waals surface area contributed by atoms with Crippen molar-refractivity contribution in [2.75, 3.05) is 6.26 Å². The van der Waals surface area contributed by atoms with Gasteiger partial charge in [-0.1, -0.05) is 30.3 Å².